The first-order valence-electron chi connectivity index (χ1n) is 9.71. The number of aliphatic imine (C=N–C) groups is 1. The number of pyridine rings is 1. The standard InChI is InChI=1S/C20H22ClFN6O2/c21-15-11-12(1-2-16(15)22)24-19(27-30)14-3-7-23-20-18(14)25-17(26-20)6-10-28-8-4-13(29)5-9-28/h1-3,7,11,13,29-30H,4-6,8-10H2,(H,24,27)(H,23,25,26). The topological polar surface area (TPSA) is 110 Å². The van der Waals surface area contributed by atoms with E-state index in [9.17, 15) is 14.7 Å². The van der Waals surface area contributed by atoms with Gasteiger partial charge in [0, 0.05) is 37.8 Å². The molecule has 10 heteroatoms. The lowest BCUT2D eigenvalue weighted by molar-refractivity contribution is 0.0830. The molecule has 3 aromatic rings. The maximum atomic E-state index is 13.4. The van der Waals surface area contributed by atoms with Gasteiger partial charge in [0.05, 0.1) is 22.3 Å². The second-order valence-corrected chi connectivity index (χ2v) is 7.64. The fourth-order valence-corrected chi connectivity index (χ4v) is 3.69. The number of aliphatic hydroxyl groups is 1. The molecule has 1 aliphatic heterocycles. The number of aromatic nitrogens is 3. The third-order valence-corrected chi connectivity index (χ3v) is 5.46. The molecule has 1 fully saturated rings. The number of rotatable bonds is 5. The van der Waals surface area contributed by atoms with E-state index in [0.717, 1.165) is 38.3 Å². The summed E-state index contributed by atoms with van der Waals surface area (Å²) in [6.45, 7) is 2.57. The summed E-state index contributed by atoms with van der Waals surface area (Å²) in [6.07, 6.45) is 3.68. The SMILES string of the molecule is ONC(=Nc1ccc(F)c(Cl)c1)c1ccnc2nc(CCN3CCC(O)CC3)[nH]c12. The number of nitrogens with one attached hydrogen (secondary N) is 2. The molecule has 4 rings (SSSR count). The number of halogens is 2. The second kappa shape index (κ2) is 9.05. The van der Waals surface area contributed by atoms with Gasteiger partial charge in [0.2, 0.25) is 0 Å². The van der Waals surface area contributed by atoms with Crippen LogP contribution in [0.4, 0.5) is 10.1 Å². The van der Waals surface area contributed by atoms with E-state index in [1.54, 1.807) is 12.3 Å². The summed E-state index contributed by atoms with van der Waals surface area (Å²) in [6, 6.07) is 5.75. The van der Waals surface area contributed by atoms with Gasteiger partial charge in [0.15, 0.2) is 11.5 Å². The van der Waals surface area contributed by atoms with Crippen LogP contribution < -0.4 is 5.48 Å². The number of nitrogens with zero attached hydrogens (tertiary/aromatic N) is 4. The number of aliphatic hydroxyl groups excluding tert-OH is 1. The Kier molecular flexibility index (Phi) is 6.24. The number of benzene rings is 1. The normalized spacial score (nSPS) is 16.3. The number of hydrogen-bond acceptors (Lipinski definition) is 6. The Balaban J connectivity index is 1.57. The second-order valence-electron chi connectivity index (χ2n) is 7.23. The molecule has 4 N–H and O–H groups in total. The van der Waals surface area contributed by atoms with Gasteiger partial charge in [-0.1, -0.05) is 11.6 Å². The molecule has 0 unspecified atom stereocenters. The van der Waals surface area contributed by atoms with E-state index < -0.39 is 5.82 Å². The zero-order chi connectivity index (χ0) is 21.1. The van der Waals surface area contributed by atoms with Gasteiger partial charge in [-0.15, -0.1) is 0 Å². The molecule has 1 aromatic carbocycles. The summed E-state index contributed by atoms with van der Waals surface area (Å²) >= 11 is 5.82. The Morgan fingerprint density at radius 1 is 1.33 bits per heavy atom. The highest BCUT2D eigenvalue weighted by molar-refractivity contribution is 6.31. The maximum absolute atomic E-state index is 13.4. The van der Waals surface area contributed by atoms with Crippen molar-refractivity contribution in [1.29, 1.82) is 0 Å². The molecule has 2 aromatic heterocycles. The van der Waals surface area contributed by atoms with Gasteiger partial charge >= 0.3 is 0 Å². The Morgan fingerprint density at radius 3 is 2.87 bits per heavy atom. The summed E-state index contributed by atoms with van der Waals surface area (Å²) in [4.78, 5) is 18.7. The van der Waals surface area contributed by atoms with Crippen LogP contribution in [0.25, 0.3) is 11.2 Å². The highest BCUT2D eigenvalue weighted by atomic mass is 35.5. The van der Waals surface area contributed by atoms with Crippen molar-refractivity contribution < 1.29 is 14.7 Å². The lowest BCUT2D eigenvalue weighted by Crippen LogP contribution is -2.37. The number of amidine groups is 1. The largest absolute Gasteiger partial charge is 0.393 e. The van der Waals surface area contributed by atoms with Crippen LogP contribution in [-0.2, 0) is 6.42 Å². The smallest absolute Gasteiger partial charge is 0.178 e. The Hall–Kier alpha value is -2.59. The Morgan fingerprint density at radius 2 is 2.13 bits per heavy atom. The molecule has 0 spiro atoms. The number of hydroxylamine groups is 1. The Bertz CT molecular complexity index is 1060. The minimum Gasteiger partial charge on any atom is -0.393 e. The number of aromatic amines is 1. The van der Waals surface area contributed by atoms with E-state index in [-0.39, 0.29) is 17.0 Å². The van der Waals surface area contributed by atoms with Crippen LogP contribution in [0, 0.1) is 5.82 Å². The molecule has 0 amide bonds. The third-order valence-electron chi connectivity index (χ3n) is 5.17. The predicted molar refractivity (Wildman–Crippen MR) is 112 cm³/mol. The quantitative estimate of drug-likeness (QED) is 0.280. The fraction of sp³-hybridized carbons (Fsp3) is 0.350. The monoisotopic (exact) mass is 432 g/mol. The van der Waals surface area contributed by atoms with E-state index in [1.807, 2.05) is 0 Å². The highest BCUT2D eigenvalue weighted by Crippen LogP contribution is 2.23. The van der Waals surface area contributed by atoms with Gasteiger partial charge in [-0.05, 0) is 37.1 Å². The van der Waals surface area contributed by atoms with Crippen molar-refractivity contribution in [3.05, 3.63) is 52.7 Å². The number of imidazole rings is 1. The molecular weight excluding hydrogens is 411 g/mol. The van der Waals surface area contributed by atoms with Crippen molar-refractivity contribution in [2.45, 2.75) is 25.4 Å². The van der Waals surface area contributed by atoms with Crippen LogP contribution >= 0.6 is 11.6 Å². The number of hydrogen-bond donors (Lipinski definition) is 4. The number of piperidine rings is 1. The lowest BCUT2D eigenvalue weighted by atomic mass is 10.1. The van der Waals surface area contributed by atoms with Crippen LogP contribution in [0.5, 0.6) is 0 Å². The van der Waals surface area contributed by atoms with Crippen LogP contribution in [0.1, 0.15) is 24.2 Å². The maximum Gasteiger partial charge on any atom is 0.178 e. The molecule has 8 nitrogen and oxygen atoms in total. The number of fused-ring (bicyclic) bond motifs is 1. The summed E-state index contributed by atoms with van der Waals surface area (Å²) in [5.41, 5.74) is 4.20. The van der Waals surface area contributed by atoms with Gasteiger partial charge in [0.25, 0.3) is 0 Å². The van der Waals surface area contributed by atoms with E-state index in [0.29, 0.717) is 28.8 Å². The minimum absolute atomic E-state index is 0.0533. The van der Waals surface area contributed by atoms with Crippen molar-refractivity contribution in [2.24, 2.45) is 4.99 Å². The zero-order valence-corrected chi connectivity index (χ0v) is 16.9. The van der Waals surface area contributed by atoms with Crippen molar-refractivity contribution in [3.63, 3.8) is 0 Å². The zero-order valence-electron chi connectivity index (χ0n) is 16.1. The molecule has 1 aliphatic rings. The molecule has 3 heterocycles. The van der Waals surface area contributed by atoms with E-state index in [4.69, 9.17) is 11.6 Å². The molecule has 1 saturated heterocycles. The molecule has 0 atom stereocenters. The first-order chi connectivity index (χ1) is 14.5. The van der Waals surface area contributed by atoms with Crippen molar-refractivity contribution in [2.75, 3.05) is 19.6 Å². The van der Waals surface area contributed by atoms with E-state index in [1.165, 1.54) is 18.2 Å². The third kappa shape index (κ3) is 4.59. The molecule has 0 bridgehead atoms. The number of likely N-dealkylation sites (tertiary alicyclic amines) is 1. The van der Waals surface area contributed by atoms with Gasteiger partial charge in [-0.25, -0.2) is 19.4 Å². The van der Waals surface area contributed by atoms with Crippen LogP contribution in [0.3, 0.4) is 0 Å². The lowest BCUT2D eigenvalue weighted by Gasteiger charge is -2.29. The van der Waals surface area contributed by atoms with Crippen molar-refractivity contribution in [1.82, 2.24) is 25.3 Å². The van der Waals surface area contributed by atoms with Crippen molar-refractivity contribution in [3.8, 4) is 0 Å². The summed E-state index contributed by atoms with van der Waals surface area (Å²) in [5.74, 6) is 0.394. The summed E-state index contributed by atoms with van der Waals surface area (Å²) in [5, 5.41) is 19.2. The molecule has 0 radical (unpaired) electrons. The predicted octanol–water partition coefficient (Wildman–Crippen LogP) is 2.81. The summed E-state index contributed by atoms with van der Waals surface area (Å²) in [7, 11) is 0. The average Bonchev–Trinajstić information content (AvgIpc) is 3.17. The van der Waals surface area contributed by atoms with E-state index >= 15 is 0 Å². The molecule has 30 heavy (non-hydrogen) atoms. The minimum atomic E-state index is -0.540. The molecule has 0 saturated carbocycles. The summed E-state index contributed by atoms with van der Waals surface area (Å²) < 4.78 is 13.4. The first-order valence-corrected chi connectivity index (χ1v) is 10.1. The first kappa shape index (κ1) is 20.7. The van der Waals surface area contributed by atoms with E-state index in [2.05, 4.69) is 30.3 Å². The van der Waals surface area contributed by atoms with Gasteiger partial charge in [-0.2, -0.15) is 0 Å². The highest BCUT2D eigenvalue weighted by Gasteiger charge is 2.18. The molecule has 158 valence electrons. The Labute approximate surface area is 177 Å². The van der Waals surface area contributed by atoms with Gasteiger partial charge < -0.3 is 15.0 Å². The van der Waals surface area contributed by atoms with Gasteiger partial charge in [0.1, 0.15) is 11.6 Å². The van der Waals surface area contributed by atoms with Gasteiger partial charge in [-0.3, -0.25) is 10.7 Å². The fourth-order valence-electron chi connectivity index (χ4n) is 3.51. The molecule has 0 aliphatic carbocycles. The van der Waals surface area contributed by atoms with Crippen molar-refractivity contribution >= 4 is 34.3 Å². The average molecular weight is 433 g/mol. The van der Waals surface area contributed by atoms with Crippen LogP contribution in [-0.4, -0.2) is 61.7 Å². The van der Waals surface area contributed by atoms with Crippen LogP contribution in [0.2, 0.25) is 5.02 Å². The molecular formula is C20H22ClFN6O2. The van der Waals surface area contributed by atoms with Crippen LogP contribution in [0.15, 0.2) is 35.5 Å². The number of H-pyrrole nitrogens is 1.